The van der Waals surface area contributed by atoms with Crippen molar-refractivity contribution in [2.24, 2.45) is 0 Å². The van der Waals surface area contributed by atoms with Crippen LogP contribution >= 0.6 is 11.6 Å². The normalized spacial score (nSPS) is 17.7. The van der Waals surface area contributed by atoms with Crippen LogP contribution in [0.3, 0.4) is 0 Å². The minimum absolute atomic E-state index is 0.0205. The smallest absolute Gasteiger partial charge is 0.224 e. The number of carbonyl (C=O) groups is 2. The number of nitrogens with one attached hydrogen (secondary N) is 2. The molecule has 188 valence electrons. The first kappa shape index (κ1) is 25.7. The van der Waals surface area contributed by atoms with Gasteiger partial charge in [0.25, 0.3) is 0 Å². The molecular formula is C29H38ClN3O2. The standard InChI is InChI=1S/C29H38ClN3O2/c1-2-5-27(34)32-26-7-3-6-23(20-26)22-12-18-33(19-13-22)17-4-16-31-28(35)21-29(14-15-29)24-8-10-25(30)11-9-24/h3,6-11,20,22H,2,4-5,12-19,21H2,1H3,(H,31,35)(H,32,34). The molecule has 2 aromatic carbocycles. The van der Waals surface area contributed by atoms with E-state index in [0.717, 1.165) is 75.4 Å². The van der Waals surface area contributed by atoms with Crippen molar-refractivity contribution in [1.82, 2.24) is 10.2 Å². The van der Waals surface area contributed by atoms with Crippen molar-refractivity contribution in [1.29, 1.82) is 0 Å². The van der Waals surface area contributed by atoms with Gasteiger partial charge in [0.1, 0.15) is 0 Å². The maximum atomic E-state index is 12.5. The lowest BCUT2D eigenvalue weighted by atomic mass is 9.89. The number of nitrogens with zero attached hydrogens (tertiary/aromatic N) is 1. The monoisotopic (exact) mass is 495 g/mol. The van der Waals surface area contributed by atoms with Gasteiger partial charge in [0.15, 0.2) is 0 Å². The van der Waals surface area contributed by atoms with E-state index in [1.54, 1.807) is 0 Å². The number of hydrogen-bond donors (Lipinski definition) is 2. The topological polar surface area (TPSA) is 61.4 Å². The Morgan fingerprint density at radius 1 is 1.06 bits per heavy atom. The zero-order chi connectivity index (χ0) is 24.7. The largest absolute Gasteiger partial charge is 0.356 e. The Morgan fingerprint density at radius 2 is 1.80 bits per heavy atom. The van der Waals surface area contributed by atoms with Crippen LogP contribution in [0.2, 0.25) is 5.02 Å². The first-order chi connectivity index (χ1) is 17.0. The fourth-order valence-electron chi connectivity index (χ4n) is 5.23. The number of piperidine rings is 1. The van der Waals surface area contributed by atoms with E-state index in [9.17, 15) is 9.59 Å². The highest BCUT2D eigenvalue weighted by atomic mass is 35.5. The van der Waals surface area contributed by atoms with Crippen molar-refractivity contribution in [2.45, 2.75) is 69.6 Å². The number of hydrogen-bond acceptors (Lipinski definition) is 3. The van der Waals surface area contributed by atoms with Crippen molar-refractivity contribution in [3.63, 3.8) is 0 Å². The second-order valence-corrected chi connectivity index (χ2v) is 10.6. The summed E-state index contributed by atoms with van der Waals surface area (Å²) >= 11 is 6.01. The SMILES string of the molecule is CCCC(=O)Nc1cccc(C2CCN(CCCNC(=O)CC3(c4ccc(Cl)cc4)CC3)CC2)c1. The maximum absolute atomic E-state index is 12.5. The number of halogens is 1. The quantitative estimate of drug-likeness (QED) is 0.382. The van der Waals surface area contributed by atoms with Crippen molar-refractivity contribution >= 4 is 29.1 Å². The summed E-state index contributed by atoms with van der Waals surface area (Å²) < 4.78 is 0. The van der Waals surface area contributed by atoms with E-state index >= 15 is 0 Å². The van der Waals surface area contributed by atoms with E-state index in [4.69, 9.17) is 11.6 Å². The highest BCUT2D eigenvalue weighted by Gasteiger charge is 2.45. The molecule has 0 bridgehead atoms. The average molecular weight is 496 g/mol. The number of anilines is 1. The number of benzene rings is 2. The van der Waals surface area contributed by atoms with E-state index < -0.39 is 0 Å². The first-order valence-electron chi connectivity index (χ1n) is 13.1. The summed E-state index contributed by atoms with van der Waals surface area (Å²) in [6.45, 7) is 5.91. The van der Waals surface area contributed by atoms with Crippen LogP contribution < -0.4 is 10.6 Å². The van der Waals surface area contributed by atoms with Gasteiger partial charge in [-0.1, -0.05) is 42.8 Å². The number of carbonyl (C=O) groups excluding carboxylic acids is 2. The van der Waals surface area contributed by atoms with E-state index in [-0.39, 0.29) is 17.2 Å². The Labute approximate surface area is 214 Å². The molecule has 2 aliphatic rings. The zero-order valence-corrected chi connectivity index (χ0v) is 21.6. The van der Waals surface area contributed by atoms with Gasteiger partial charge in [-0.3, -0.25) is 9.59 Å². The van der Waals surface area contributed by atoms with Gasteiger partial charge in [-0.05, 0) is 99.5 Å². The van der Waals surface area contributed by atoms with Crippen LogP contribution in [0.15, 0.2) is 48.5 Å². The van der Waals surface area contributed by atoms with Gasteiger partial charge in [0, 0.05) is 35.5 Å². The predicted octanol–water partition coefficient (Wildman–Crippen LogP) is 5.89. The molecule has 0 unspecified atom stereocenters. The van der Waals surface area contributed by atoms with Crippen LogP contribution in [0.1, 0.15) is 75.3 Å². The summed E-state index contributed by atoms with van der Waals surface area (Å²) in [4.78, 5) is 27.0. The molecule has 0 atom stereocenters. The van der Waals surface area contributed by atoms with Gasteiger partial charge in [0.05, 0.1) is 0 Å². The fraction of sp³-hybridized carbons (Fsp3) is 0.517. The maximum Gasteiger partial charge on any atom is 0.224 e. The molecule has 0 spiro atoms. The molecule has 35 heavy (non-hydrogen) atoms. The highest BCUT2D eigenvalue weighted by Crippen LogP contribution is 2.51. The molecule has 2 aromatic rings. The molecule has 1 aliphatic carbocycles. The van der Waals surface area contributed by atoms with Crippen molar-refractivity contribution in [3.8, 4) is 0 Å². The second kappa shape index (κ2) is 12.0. The molecular weight excluding hydrogens is 458 g/mol. The average Bonchev–Trinajstić information content (AvgIpc) is 3.63. The summed E-state index contributed by atoms with van der Waals surface area (Å²) in [5.41, 5.74) is 3.48. The van der Waals surface area contributed by atoms with Gasteiger partial charge < -0.3 is 15.5 Å². The Hall–Kier alpha value is -2.37. The van der Waals surface area contributed by atoms with Crippen molar-refractivity contribution in [2.75, 3.05) is 31.5 Å². The Morgan fingerprint density at radius 3 is 2.49 bits per heavy atom. The van der Waals surface area contributed by atoms with Gasteiger partial charge in [-0.25, -0.2) is 0 Å². The molecule has 2 amide bonds. The van der Waals surface area contributed by atoms with E-state index in [1.807, 2.05) is 31.2 Å². The molecule has 0 radical (unpaired) electrons. The molecule has 1 saturated carbocycles. The molecule has 4 rings (SSSR count). The molecule has 1 heterocycles. The minimum atomic E-state index is 0.0205. The van der Waals surface area contributed by atoms with E-state index in [1.165, 1.54) is 11.1 Å². The molecule has 6 heteroatoms. The third kappa shape index (κ3) is 7.31. The summed E-state index contributed by atoms with van der Waals surface area (Å²) in [6.07, 6.45) is 7.37. The van der Waals surface area contributed by atoms with E-state index in [0.29, 0.717) is 18.8 Å². The third-order valence-electron chi connectivity index (χ3n) is 7.49. The zero-order valence-electron chi connectivity index (χ0n) is 20.8. The summed E-state index contributed by atoms with van der Waals surface area (Å²) in [5.74, 6) is 0.780. The van der Waals surface area contributed by atoms with Crippen LogP contribution in [-0.2, 0) is 15.0 Å². The summed E-state index contributed by atoms with van der Waals surface area (Å²) in [5, 5.41) is 6.89. The first-order valence-corrected chi connectivity index (χ1v) is 13.5. The van der Waals surface area contributed by atoms with Gasteiger partial charge >= 0.3 is 0 Å². The van der Waals surface area contributed by atoms with Crippen molar-refractivity contribution < 1.29 is 9.59 Å². The van der Waals surface area contributed by atoms with Crippen LogP contribution in [0, 0.1) is 0 Å². The second-order valence-electron chi connectivity index (χ2n) is 10.2. The summed E-state index contributed by atoms with van der Waals surface area (Å²) in [7, 11) is 0. The lowest BCUT2D eigenvalue weighted by Crippen LogP contribution is -2.36. The number of rotatable bonds is 11. The van der Waals surface area contributed by atoms with Crippen molar-refractivity contribution in [3.05, 3.63) is 64.7 Å². The van der Waals surface area contributed by atoms with Gasteiger partial charge in [-0.15, -0.1) is 0 Å². The Kier molecular flexibility index (Phi) is 8.85. The number of likely N-dealkylation sites (tertiary alicyclic amines) is 1. The van der Waals surface area contributed by atoms with Gasteiger partial charge in [0.2, 0.25) is 11.8 Å². The molecule has 0 aromatic heterocycles. The van der Waals surface area contributed by atoms with Crippen LogP contribution in [0.4, 0.5) is 5.69 Å². The fourth-order valence-corrected chi connectivity index (χ4v) is 5.36. The van der Waals surface area contributed by atoms with Crippen LogP contribution in [0.25, 0.3) is 0 Å². The van der Waals surface area contributed by atoms with E-state index in [2.05, 4.69) is 39.8 Å². The Bertz CT molecular complexity index is 995. The van der Waals surface area contributed by atoms with Gasteiger partial charge in [-0.2, -0.15) is 0 Å². The molecule has 2 N–H and O–H groups in total. The molecule has 5 nitrogen and oxygen atoms in total. The minimum Gasteiger partial charge on any atom is -0.356 e. The predicted molar refractivity (Wildman–Crippen MR) is 143 cm³/mol. The molecule has 1 aliphatic heterocycles. The third-order valence-corrected chi connectivity index (χ3v) is 7.74. The Balaban J connectivity index is 1.14. The molecule has 2 fully saturated rings. The van der Waals surface area contributed by atoms with Crippen LogP contribution in [0.5, 0.6) is 0 Å². The highest BCUT2D eigenvalue weighted by molar-refractivity contribution is 6.30. The lowest BCUT2D eigenvalue weighted by Gasteiger charge is -2.32. The molecule has 1 saturated heterocycles. The van der Waals surface area contributed by atoms with Crippen LogP contribution in [-0.4, -0.2) is 42.9 Å². The lowest BCUT2D eigenvalue weighted by molar-refractivity contribution is -0.121. The summed E-state index contributed by atoms with van der Waals surface area (Å²) in [6, 6.07) is 16.3. The number of amides is 2.